The molecule has 0 radical (unpaired) electrons. The van der Waals surface area contributed by atoms with Gasteiger partial charge in [0.15, 0.2) is 0 Å². The fourth-order valence-electron chi connectivity index (χ4n) is 5.83. The van der Waals surface area contributed by atoms with E-state index in [4.69, 9.17) is 9.47 Å². The minimum Gasteiger partial charge on any atom is -0.494 e. The highest BCUT2D eigenvalue weighted by Crippen LogP contribution is 2.41. The summed E-state index contributed by atoms with van der Waals surface area (Å²) in [6, 6.07) is 13.4. The van der Waals surface area contributed by atoms with Gasteiger partial charge in [0.05, 0.1) is 12.5 Å². The Bertz CT molecular complexity index is 970. The highest BCUT2D eigenvalue weighted by atomic mass is 19.3. The predicted octanol–water partition coefficient (Wildman–Crippen LogP) is 9.78. The van der Waals surface area contributed by atoms with Crippen molar-refractivity contribution in [1.82, 2.24) is 0 Å². The summed E-state index contributed by atoms with van der Waals surface area (Å²) in [5.41, 5.74) is 1.39. The topological polar surface area (TPSA) is 18.5 Å². The summed E-state index contributed by atoms with van der Waals surface area (Å²) < 4.78 is 53.0. The standard InChI is InChI=1S/C33H43F3O2/c1-2-3-24-37-31-20-14-28(15-21-31)11-9-26-6-4-25(5-7-26)8-10-27-12-16-29(17-13-27)33(35,36)38-32-22-18-30(34)19-23-32/h8,10,14-15,18-23,25-27,29H,2-7,9,11-13,16-17,24H2,1H3/b10-8+. The molecule has 0 unspecified atom stereocenters. The maximum absolute atomic E-state index is 14.6. The molecule has 38 heavy (non-hydrogen) atoms. The van der Waals surface area contributed by atoms with E-state index in [-0.39, 0.29) is 5.75 Å². The molecule has 2 fully saturated rings. The van der Waals surface area contributed by atoms with Gasteiger partial charge < -0.3 is 9.47 Å². The summed E-state index contributed by atoms with van der Waals surface area (Å²) in [5.74, 6) is 1.51. The first-order valence-corrected chi connectivity index (χ1v) is 14.6. The fraction of sp³-hybridized carbons (Fsp3) is 0.576. The molecule has 4 rings (SSSR count). The minimum absolute atomic E-state index is 0.0133. The molecule has 0 aromatic heterocycles. The third kappa shape index (κ3) is 8.81. The van der Waals surface area contributed by atoms with Crippen LogP contribution in [0.25, 0.3) is 0 Å². The van der Waals surface area contributed by atoms with Crippen LogP contribution < -0.4 is 9.47 Å². The second-order valence-corrected chi connectivity index (χ2v) is 11.3. The molecule has 2 nitrogen and oxygen atoms in total. The van der Waals surface area contributed by atoms with Crippen LogP contribution in [-0.4, -0.2) is 12.7 Å². The number of halogens is 3. The van der Waals surface area contributed by atoms with Crippen molar-refractivity contribution < 1.29 is 22.6 Å². The Morgan fingerprint density at radius 1 is 0.789 bits per heavy atom. The molecule has 2 aromatic carbocycles. The van der Waals surface area contributed by atoms with E-state index in [9.17, 15) is 13.2 Å². The molecule has 2 aliphatic carbocycles. The molecule has 0 N–H and O–H groups in total. The Morgan fingerprint density at radius 3 is 1.97 bits per heavy atom. The fourth-order valence-corrected chi connectivity index (χ4v) is 5.83. The van der Waals surface area contributed by atoms with E-state index in [1.165, 1.54) is 49.8 Å². The molecule has 2 saturated carbocycles. The number of hydrogen-bond acceptors (Lipinski definition) is 2. The molecule has 0 bridgehead atoms. The van der Waals surface area contributed by atoms with Crippen LogP contribution in [0.15, 0.2) is 60.7 Å². The molecule has 0 aliphatic heterocycles. The second-order valence-electron chi connectivity index (χ2n) is 11.3. The van der Waals surface area contributed by atoms with Crippen molar-refractivity contribution in [2.24, 2.45) is 23.7 Å². The number of hydrogen-bond donors (Lipinski definition) is 0. The summed E-state index contributed by atoms with van der Waals surface area (Å²) in [5, 5.41) is 0. The van der Waals surface area contributed by atoms with Gasteiger partial charge in [0.1, 0.15) is 17.3 Å². The lowest BCUT2D eigenvalue weighted by molar-refractivity contribution is -0.223. The molecule has 2 aromatic rings. The van der Waals surface area contributed by atoms with Gasteiger partial charge in [-0.25, -0.2) is 4.39 Å². The van der Waals surface area contributed by atoms with Gasteiger partial charge in [-0.05, 0) is 130 Å². The van der Waals surface area contributed by atoms with Crippen LogP contribution in [0, 0.1) is 29.5 Å². The maximum Gasteiger partial charge on any atom is 0.400 e. The first-order valence-electron chi connectivity index (χ1n) is 14.6. The quantitative estimate of drug-likeness (QED) is 0.202. The number of unbranched alkanes of at least 4 members (excludes halogenated alkanes) is 1. The van der Waals surface area contributed by atoms with Gasteiger partial charge in [0.2, 0.25) is 0 Å². The SMILES string of the molecule is CCCCOc1ccc(CCC2CCC(/C=C/C3CCC(C(F)(F)Oc4ccc(F)cc4)CC3)CC2)cc1. The molecule has 0 amide bonds. The number of benzene rings is 2. The Labute approximate surface area is 226 Å². The zero-order valence-corrected chi connectivity index (χ0v) is 22.7. The van der Waals surface area contributed by atoms with Crippen molar-refractivity contribution in [3.8, 4) is 11.5 Å². The molecular weight excluding hydrogens is 485 g/mol. The average Bonchev–Trinajstić information content (AvgIpc) is 2.93. The van der Waals surface area contributed by atoms with Crippen LogP contribution in [0.1, 0.15) is 83.1 Å². The number of rotatable bonds is 12. The van der Waals surface area contributed by atoms with Crippen molar-refractivity contribution in [2.75, 3.05) is 6.61 Å². The second kappa shape index (κ2) is 14.1. The lowest BCUT2D eigenvalue weighted by Crippen LogP contribution is -2.37. The Hall–Kier alpha value is -2.43. The third-order valence-corrected chi connectivity index (χ3v) is 8.39. The number of allylic oxidation sites excluding steroid dienone is 2. The summed E-state index contributed by atoms with van der Waals surface area (Å²) in [4.78, 5) is 0. The Balaban J connectivity index is 1.12. The summed E-state index contributed by atoms with van der Waals surface area (Å²) in [7, 11) is 0. The number of ether oxygens (including phenoxy) is 2. The van der Waals surface area contributed by atoms with Crippen LogP contribution in [0.4, 0.5) is 13.2 Å². The average molecular weight is 529 g/mol. The van der Waals surface area contributed by atoms with Crippen molar-refractivity contribution in [3.05, 3.63) is 72.1 Å². The summed E-state index contributed by atoms with van der Waals surface area (Å²) in [6.07, 6.45) is 13.5. The van der Waals surface area contributed by atoms with Gasteiger partial charge in [-0.1, -0.05) is 37.6 Å². The third-order valence-electron chi connectivity index (χ3n) is 8.39. The first kappa shape index (κ1) is 28.6. The van der Waals surface area contributed by atoms with E-state index in [0.717, 1.165) is 62.5 Å². The van der Waals surface area contributed by atoms with Crippen molar-refractivity contribution in [3.63, 3.8) is 0 Å². The number of alkyl halides is 2. The monoisotopic (exact) mass is 528 g/mol. The molecule has 0 heterocycles. The molecule has 0 spiro atoms. The molecule has 208 valence electrons. The highest BCUT2D eigenvalue weighted by Gasteiger charge is 2.43. The molecule has 0 saturated heterocycles. The number of aryl methyl sites for hydroxylation is 1. The molecule has 5 heteroatoms. The normalized spacial score (nSPS) is 24.4. The van der Waals surface area contributed by atoms with Crippen LogP contribution in [0.5, 0.6) is 11.5 Å². The van der Waals surface area contributed by atoms with Gasteiger partial charge in [0.25, 0.3) is 0 Å². The van der Waals surface area contributed by atoms with E-state index in [1.807, 2.05) is 0 Å². The lowest BCUT2D eigenvalue weighted by Gasteiger charge is -2.32. The van der Waals surface area contributed by atoms with E-state index in [1.54, 1.807) is 0 Å². The summed E-state index contributed by atoms with van der Waals surface area (Å²) >= 11 is 0. The predicted molar refractivity (Wildman–Crippen MR) is 147 cm³/mol. The van der Waals surface area contributed by atoms with Gasteiger partial charge in [-0.3, -0.25) is 0 Å². The Morgan fingerprint density at radius 2 is 1.37 bits per heavy atom. The lowest BCUT2D eigenvalue weighted by atomic mass is 9.77. The van der Waals surface area contributed by atoms with Gasteiger partial charge in [-0.15, -0.1) is 0 Å². The molecule has 2 aliphatic rings. The smallest absolute Gasteiger partial charge is 0.400 e. The molecular formula is C33H43F3O2. The summed E-state index contributed by atoms with van der Waals surface area (Å²) in [6.45, 7) is 2.96. The van der Waals surface area contributed by atoms with Crippen LogP contribution in [0.3, 0.4) is 0 Å². The van der Waals surface area contributed by atoms with Gasteiger partial charge in [0, 0.05) is 0 Å². The molecule has 0 atom stereocenters. The highest BCUT2D eigenvalue weighted by molar-refractivity contribution is 5.27. The Kier molecular flexibility index (Phi) is 10.6. The van der Waals surface area contributed by atoms with Crippen molar-refractivity contribution >= 4 is 0 Å². The van der Waals surface area contributed by atoms with E-state index in [0.29, 0.717) is 24.7 Å². The van der Waals surface area contributed by atoms with Gasteiger partial charge in [-0.2, -0.15) is 8.78 Å². The largest absolute Gasteiger partial charge is 0.494 e. The minimum atomic E-state index is -3.23. The van der Waals surface area contributed by atoms with E-state index >= 15 is 0 Å². The first-order chi connectivity index (χ1) is 18.4. The van der Waals surface area contributed by atoms with E-state index < -0.39 is 17.8 Å². The van der Waals surface area contributed by atoms with Crippen molar-refractivity contribution in [2.45, 2.75) is 90.1 Å². The van der Waals surface area contributed by atoms with Crippen molar-refractivity contribution in [1.29, 1.82) is 0 Å². The van der Waals surface area contributed by atoms with Gasteiger partial charge >= 0.3 is 6.11 Å². The van der Waals surface area contributed by atoms with E-state index in [2.05, 4.69) is 43.3 Å². The zero-order valence-electron chi connectivity index (χ0n) is 22.7. The maximum atomic E-state index is 14.6. The van der Waals surface area contributed by atoms with Crippen LogP contribution in [-0.2, 0) is 6.42 Å². The zero-order chi connectivity index (χ0) is 26.8. The van der Waals surface area contributed by atoms with Crippen LogP contribution in [0.2, 0.25) is 0 Å². The van der Waals surface area contributed by atoms with Crippen LogP contribution >= 0.6 is 0 Å².